The number of hydrogen-bond donors (Lipinski definition) is 1. The molecule has 0 amide bonds. The minimum absolute atomic E-state index is 0.217. The molecule has 0 atom stereocenters. The van der Waals surface area contributed by atoms with Crippen LogP contribution in [0.15, 0.2) is 10.3 Å². The fraction of sp³-hybridized carbons (Fsp3) is 0.692. The van der Waals surface area contributed by atoms with E-state index in [0.717, 1.165) is 42.8 Å². The van der Waals surface area contributed by atoms with Crippen LogP contribution in [0, 0.1) is 6.92 Å². The predicted molar refractivity (Wildman–Crippen MR) is 79.0 cm³/mol. The van der Waals surface area contributed by atoms with Gasteiger partial charge in [-0.25, -0.2) is 8.42 Å². The fourth-order valence-electron chi connectivity index (χ4n) is 1.95. The van der Waals surface area contributed by atoms with Crippen molar-refractivity contribution in [1.82, 2.24) is 9.62 Å². The van der Waals surface area contributed by atoms with Crippen LogP contribution in [0.4, 0.5) is 0 Å². The highest BCUT2D eigenvalue weighted by molar-refractivity contribution is 7.91. The van der Waals surface area contributed by atoms with Gasteiger partial charge in [0.2, 0.25) is 0 Å². The lowest BCUT2D eigenvalue weighted by Crippen LogP contribution is -2.28. The molecule has 4 nitrogen and oxygen atoms in total. The molecule has 1 aliphatic carbocycles. The topological polar surface area (TPSA) is 49.4 Å². The first-order valence-electron chi connectivity index (χ1n) is 6.75. The van der Waals surface area contributed by atoms with E-state index in [1.165, 1.54) is 15.6 Å². The smallest absolute Gasteiger partial charge is 0.252 e. The Morgan fingerprint density at radius 1 is 1.47 bits per heavy atom. The summed E-state index contributed by atoms with van der Waals surface area (Å²) in [5, 5.41) is 3.32. The molecule has 6 heteroatoms. The molecule has 1 saturated carbocycles. The average molecular weight is 302 g/mol. The number of nitrogens with one attached hydrogen (secondary N) is 1. The van der Waals surface area contributed by atoms with E-state index < -0.39 is 10.0 Å². The maximum atomic E-state index is 12.4. The van der Waals surface area contributed by atoms with E-state index in [2.05, 4.69) is 12.2 Å². The quantitative estimate of drug-likeness (QED) is 0.787. The molecule has 19 heavy (non-hydrogen) atoms. The van der Waals surface area contributed by atoms with E-state index in [1.807, 2.05) is 13.0 Å². The zero-order valence-electron chi connectivity index (χ0n) is 11.8. The van der Waals surface area contributed by atoms with Crippen molar-refractivity contribution < 1.29 is 8.42 Å². The molecule has 1 aromatic rings. The molecular weight excluding hydrogens is 280 g/mol. The Hall–Kier alpha value is -0.430. The third kappa shape index (κ3) is 3.37. The molecule has 1 aliphatic rings. The zero-order chi connectivity index (χ0) is 14.0. The van der Waals surface area contributed by atoms with Crippen molar-refractivity contribution in [2.75, 3.05) is 13.6 Å². The minimum Gasteiger partial charge on any atom is -0.312 e. The number of aryl methyl sites for hydroxylation is 1. The van der Waals surface area contributed by atoms with Crippen LogP contribution in [0.1, 0.15) is 36.6 Å². The lowest BCUT2D eigenvalue weighted by atomic mass is 10.3. The van der Waals surface area contributed by atoms with Gasteiger partial charge in [0, 0.05) is 24.5 Å². The standard InChI is InChI=1S/C13H22N2O2S2/c1-4-7-14-9-12-10(2)8-13(18-12)19(16,17)15(3)11-5-6-11/h8,11,14H,4-7,9H2,1-3H3. The molecule has 0 spiro atoms. The van der Waals surface area contributed by atoms with E-state index in [-0.39, 0.29) is 6.04 Å². The van der Waals surface area contributed by atoms with Crippen molar-refractivity contribution in [3.63, 3.8) is 0 Å². The molecule has 0 radical (unpaired) electrons. The second kappa shape index (κ2) is 5.91. The molecule has 0 unspecified atom stereocenters. The maximum Gasteiger partial charge on any atom is 0.252 e. The van der Waals surface area contributed by atoms with Crippen LogP contribution >= 0.6 is 11.3 Å². The summed E-state index contributed by atoms with van der Waals surface area (Å²) in [4.78, 5) is 1.12. The van der Waals surface area contributed by atoms with Gasteiger partial charge in [-0.2, -0.15) is 4.31 Å². The molecule has 0 saturated heterocycles. The van der Waals surface area contributed by atoms with Crippen LogP contribution in [0.3, 0.4) is 0 Å². The summed E-state index contributed by atoms with van der Waals surface area (Å²) in [6.45, 7) is 5.82. The molecule has 1 N–H and O–H groups in total. The Morgan fingerprint density at radius 3 is 2.74 bits per heavy atom. The van der Waals surface area contributed by atoms with E-state index in [1.54, 1.807) is 7.05 Å². The van der Waals surface area contributed by atoms with Crippen LogP contribution < -0.4 is 5.32 Å². The van der Waals surface area contributed by atoms with E-state index >= 15 is 0 Å². The van der Waals surface area contributed by atoms with Crippen molar-refractivity contribution in [2.45, 2.75) is 49.9 Å². The third-order valence-electron chi connectivity index (χ3n) is 3.40. The van der Waals surface area contributed by atoms with Crippen molar-refractivity contribution in [2.24, 2.45) is 0 Å². The largest absolute Gasteiger partial charge is 0.312 e. The Labute approximate surface area is 119 Å². The van der Waals surface area contributed by atoms with Gasteiger partial charge in [0.15, 0.2) is 0 Å². The summed E-state index contributed by atoms with van der Waals surface area (Å²) in [5.74, 6) is 0. The molecule has 0 bridgehead atoms. The Bertz CT molecular complexity index is 533. The van der Waals surface area contributed by atoms with Crippen molar-refractivity contribution in [3.05, 3.63) is 16.5 Å². The molecule has 1 aromatic heterocycles. The number of rotatable bonds is 7. The number of thiophene rings is 1. The Kier molecular flexibility index (Phi) is 4.66. The van der Waals surface area contributed by atoms with E-state index in [9.17, 15) is 8.42 Å². The van der Waals surface area contributed by atoms with E-state index in [4.69, 9.17) is 0 Å². The summed E-state index contributed by atoms with van der Waals surface area (Å²) in [6, 6.07) is 2.02. The monoisotopic (exact) mass is 302 g/mol. The minimum atomic E-state index is -3.28. The molecule has 108 valence electrons. The van der Waals surface area contributed by atoms with E-state index in [0.29, 0.717) is 4.21 Å². The molecule has 1 fully saturated rings. The maximum absolute atomic E-state index is 12.4. The Balaban J connectivity index is 2.14. The first-order chi connectivity index (χ1) is 8.96. The van der Waals surface area contributed by atoms with Crippen molar-refractivity contribution in [3.8, 4) is 0 Å². The normalized spacial score (nSPS) is 16.2. The fourth-order valence-corrected chi connectivity index (χ4v) is 5.11. The SMILES string of the molecule is CCCNCc1sc(S(=O)(=O)N(C)C2CC2)cc1C. The van der Waals surface area contributed by atoms with Gasteiger partial charge in [-0.3, -0.25) is 0 Å². The predicted octanol–water partition coefficient (Wildman–Crippen LogP) is 2.34. The molecule has 0 aromatic carbocycles. The summed E-state index contributed by atoms with van der Waals surface area (Å²) in [5.41, 5.74) is 1.07. The molecular formula is C13H22N2O2S2. The van der Waals surface area contributed by atoms with Gasteiger partial charge in [0.25, 0.3) is 10.0 Å². The van der Waals surface area contributed by atoms with Crippen LogP contribution in [-0.4, -0.2) is 32.4 Å². The highest BCUT2D eigenvalue weighted by Crippen LogP contribution is 2.34. The first kappa shape index (κ1) is 15.0. The number of hydrogen-bond acceptors (Lipinski definition) is 4. The summed E-state index contributed by atoms with van der Waals surface area (Å²) in [7, 11) is -1.59. The number of sulfonamides is 1. The second-order valence-corrected chi connectivity index (χ2v) is 8.46. The highest BCUT2D eigenvalue weighted by atomic mass is 32.2. The lowest BCUT2D eigenvalue weighted by molar-refractivity contribution is 0.466. The van der Waals surface area contributed by atoms with Gasteiger partial charge < -0.3 is 5.32 Å². The molecule has 2 rings (SSSR count). The van der Waals surface area contributed by atoms with Gasteiger partial charge in [-0.1, -0.05) is 6.92 Å². The van der Waals surface area contributed by atoms with Crippen molar-refractivity contribution in [1.29, 1.82) is 0 Å². The zero-order valence-corrected chi connectivity index (χ0v) is 13.4. The van der Waals surface area contributed by atoms with Crippen LogP contribution in [0.5, 0.6) is 0 Å². The summed E-state index contributed by atoms with van der Waals surface area (Å²) < 4.78 is 26.9. The van der Waals surface area contributed by atoms with Crippen LogP contribution in [0.25, 0.3) is 0 Å². The van der Waals surface area contributed by atoms with Gasteiger partial charge in [0.05, 0.1) is 0 Å². The van der Waals surface area contributed by atoms with Gasteiger partial charge in [-0.15, -0.1) is 11.3 Å². The molecule has 1 heterocycles. The molecule has 0 aliphatic heterocycles. The summed E-state index contributed by atoms with van der Waals surface area (Å²) in [6.07, 6.45) is 3.07. The van der Waals surface area contributed by atoms with Gasteiger partial charge in [-0.05, 0) is 44.4 Å². The van der Waals surface area contributed by atoms with Gasteiger partial charge in [0.1, 0.15) is 4.21 Å². The summed E-state index contributed by atoms with van der Waals surface area (Å²) >= 11 is 1.40. The highest BCUT2D eigenvalue weighted by Gasteiger charge is 2.36. The number of nitrogens with zero attached hydrogens (tertiary/aromatic N) is 1. The second-order valence-electron chi connectivity index (χ2n) is 5.10. The van der Waals surface area contributed by atoms with Crippen molar-refractivity contribution >= 4 is 21.4 Å². The van der Waals surface area contributed by atoms with Crippen LogP contribution in [-0.2, 0) is 16.6 Å². The average Bonchev–Trinajstić information content (AvgIpc) is 3.14. The Morgan fingerprint density at radius 2 is 2.16 bits per heavy atom. The van der Waals surface area contributed by atoms with Crippen LogP contribution in [0.2, 0.25) is 0 Å². The lowest BCUT2D eigenvalue weighted by Gasteiger charge is -2.14. The van der Waals surface area contributed by atoms with Gasteiger partial charge >= 0.3 is 0 Å². The first-order valence-corrected chi connectivity index (χ1v) is 9.00. The third-order valence-corrected chi connectivity index (χ3v) is 7.00.